The number of carbonyl (C=O) groups is 2. The molecule has 1 aliphatic heterocycles. The van der Waals surface area contributed by atoms with Gasteiger partial charge in [0.25, 0.3) is 0 Å². The highest BCUT2D eigenvalue weighted by Crippen LogP contribution is 2.62. The third kappa shape index (κ3) is 9.81. The van der Waals surface area contributed by atoms with Crippen LogP contribution in [-0.4, -0.2) is 78.8 Å². The van der Waals surface area contributed by atoms with E-state index in [1.54, 1.807) is 43.3 Å². The number of allylic oxidation sites excluding steroid dienone is 1. The summed E-state index contributed by atoms with van der Waals surface area (Å²) in [5.74, 6) is 0.278. The zero-order valence-electron chi connectivity index (χ0n) is 35.7. The van der Waals surface area contributed by atoms with Crippen molar-refractivity contribution in [1.29, 1.82) is 0 Å². The van der Waals surface area contributed by atoms with Crippen LogP contribution in [0.25, 0.3) is 0 Å². The molecule has 0 radical (unpaired) electrons. The van der Waals surface area contributed by atoms with Gasteiger partial charge >= 0.3 is 0 Å². The molecule has 11 heteroatoms. The molecule has 7 rings (SSSR count). The van der Waals surface area contributed by atoms with Crippen LogP contribution in [0.15, 0.2) is 127 Å². The van der Waals surface area contributed by atoms with Gasteiger partial charge in [-0.1, -0.05) is 84.7 Å². The number of hydrogen-bond acceptors (Lipinski definition) is 10. The molecule has 326 valence electrons. The Morgan fingerprint density at radius 1 is 0.903 bits per heavy atom. The highest BCUT2D eigenvalue weighted by molar-refractivity contribution is 6.03. The number of likely N-dealkylation sites (N-methyl/N-ethyl adjacent to an activating group) is 1. The van der Waals surface area contributed by atoms with Crippen LogP contribution in [0.1, 0.15) is 77.9 Å². The van der Waals surface area contributed by atoms with E-state index in [2.05, 4.69) is 12.7 Å². The normalized spacial score (nSPS) is 22.9. The molecule has 4 aromatic carbocycles. The van der Waals surface area contributed by atoms with Crippen molar-refractivity contribution < 1.29 is 43.6 Å². The van der Waals surface area contributed by atoms with Gasteiger partial charge in [0.05, 0.1) is 31.8 Å². The topological polar surface area (TPSA) is 136 Å². The SMILES string of the molecule is C=CCOC12Oc3ccc(Oc4cccc(C=O)c4)cc3C3C(CCCCO)C(CCCCO)C=C(C(=NOCc4ccccc4)CC1N(C)C(=O)Cc1cccc(OC)c1)C32. The molecule has 1 heterocycles. The lowest BCUT2D eigenvalue weighted by atomic mass is 9.55. The Morgan fingerprint density at radius 2 is 1.65 bits per heavy atom. The van der Waals surface area contributed by atoms with E-state index in [0.29, 0.717) is 47.1 Å². The molecule has 0 bridgehead atoms. The number of hydrogen-bond donors (Lipinski definition) is 2. The molecule has 1 fully saturated rings. The predicted molar refractivity (Wildman–Crippen MR) is 238 cm³/mol. The highest BCUT2D eigenvalue weighted by Gasteiger charge is 2.65. The van der Waals surface area contributed by atoms with E-state index in [-0.39, 0.29) is 62.9 Å². The van der Waals surface area contributed by atoms with Gasteiger partial charge in [-0.3, -0.25) is 9.59 Å². The van der Waals surface area contributed by atoms with Crippen molar-refractivity contribution in [1.82, 2.24) is 4.90 Å². The third-order valence-corrected chi connectivity index (χ3v) is 12.5. The molecule has 0 spiro atoms. The van der Waals surface area contributed by atoms with Crippen LogP contribution >= 0.6 is 0 Å². The summed E-state index contributed by atoms with van der Waals surface area (Å²) >= 11 is 0. The number of ether oxygens (including phenoxy) is 4. The van der Waals surface area contributed by atoms with Gasteiger partial charge in [0, 0.05) is 43.7 Å². The van der Waals surface area contributed by atoms with Crippen LogP contribution in [0.5, 0.6) is 23.0 Å². The molecule has 2 N–H and O–H groups in total. The van der Waals surface area contributed by atoms with E-state index in [0.717, 1.165) is 54.2 Å². The van der Waals surface area contributed by atoms with Gasteiger partial charge in [-0.15, -0.1) is 6.58 Å². The van der Waals surface area contributed by atoms with Crippen LogP contribution in [-0.2, 0) is 27.4 Å². The Balaban J connectivity index is 1.40. The lowest BCUT2D eigenvalue weighted by Gasteiger charge is -2.59. The summed E-state index contributed by atoms with van der Waals surface area (Å²) in [6.07, 6.45) is 9.77. The number of benzene rings is 4. The number of aldehydes is 1. The van der Waals surface area contributed by atoms with Crippen molar-refractivity contribution in [3.63, 3.8) is 0 Å². The summed E-state index contributed by atoms with van der Waals surface area (Å²) in [6.45, 7) is 4.62. The van der Waals surface area contributed by atoms with E-state index in [1.165, 1.54) is 0 Å². The van der Waals surface area contributed by atoms with Crippen molar-refractivity contribution in [2.75, 3.05) is 34.0 Å². The van der Waals surface area contributed by atoms with Crippen LogP contribution < -0.4 is 14.2 Å². The molecule has 62 heavy (non-hydrogen) atoms. The number of aliphatic hydroxyl groups excluding tert-OH is 2. The Morgan fingerprint density at radius 3 is 2.40 bits per heavy atom. The number of unbranched alkanes of at least 4 members (excludes halogenated alkanes) is 2. The fraction of sp³-hybridized carbons (Fsp3) is 0.392. The Hall–Kier alpha value is -5.75. The lowest BCUT2D eigenvalue weighted by Crippen LogP contribution is -2.69. The molecule has 0 saturated heterocycles. The smallest absolute Gasteiger partial charge is 0.239 e. The third-order valence-electron chi connectivity index (χ3n) is 12.5. The Bertz CT molecular complexity index is 2220. The van der Waals surface area contributed by atoms with Crippen LogP contribution in [0.4, 0.5) is 0 Å². The van der Waals surface area contributed by atoms with E-state index in [4.69, 9.17) is 28.9 Å². The van der Waals surface area contributed by atoms with Crippen LogP contribution in [0.3, 0.4) is 0 Å². The zero-order valence-corrected chi connectivity index (χ0v) is 35.7. The van der Waals surface area contributed by atoms with E-state index in [9.17, 15) is 19.8 Å². The number of nitrogens with zero attached hydrogens (tertiary/aromatic N) is 2. The first-order valence-electron chi connectivity index (χ1n) is 21.7. The lowest BCUT2D eigenvalue weighted by molar-refractivity contribution is -0.255. The molecule has 1 saturated carbocycles. The standard InChI is InChI=1S/C51H58N2O9/c1-4-26-59-51-47(53(2)48(57)29-36-16-12-19-39(27-36)58-3)32-45(52-60-34-35-14-6-5-7-15-35)43-30-38(18-8-10-24-54)42(21-9-11-25-55)49(50(43)51)44-31-41(22-23-46(44)62-51)61-40-20-13-17-37(28-40)33-56/h4-7,12-17,19-20,22-23,27-28,30-31,33,38,42,47,49-50,54-55H,1,8-11,18,21,24-26,29,32,34H2,2-3H3. The molecule has 11 nitrogen and oxygen atoms in total. The van der Waals surface area contributed by atoms with Gasteiger partial charge in [0.2, 0.25) is 11.7 Å². The van der Waals surface area contributed by atoms with Crippen LogP contribution in [0.2, 0.25) is 0 Å². The maximum Gasteiger partial charge on any atom is 0.239 e. The molecular formula is C51H58N2O9. The summed E-state index contributed by atoms with van der Waals surface area (Å²) in [5.41, 5.74) is 4.88. The van der Waals surface area contributed by atoms with E-state index >= 15 is 0 Å². The first kappa shape index (κ1) is 44.3. The minimum absolute atomic E-state index is 0.0417. The zero-order chi connectivity index (χ0) is 43.5. The first-order valence-corrected chi connectivity index (χ1v) is 21.7. The quantitative estimate of drug-likeness (QED) is 0.0365. The summed E-state index contributed by atoms with van der Waals surface area (Å²) < 4.78 is 26.3. The average Bonchev–Trinajstić information content (AvgIpc) is 3.30. The predicted octanol–water partition coefficient (Wildman–Crippen LogP) is 8.83. The second kappa shape index (κ2) is 20.9. The van der Waals surface area contributed by atoms with Crippen LogP contribution in [0, 0.1) is 17.8 Å². The number of methoxy groups -OCH3 is 1. The highest BCUT2D eigenvalue weighted by atomic mass is 16.7. The maximum absolute atomic E-state index is 14.6. The Labute approximate surface area is 364 Å². The summed E-state index contributed by atoms with van der Waals surface area (Å²) in [7, 11) is 3.41. The van der Waals surface area contributed by atoms with Gasteiger partial charge in [0.15, 0.2) is 0 Å². The van der Waals surface area contributed by atoms with Gasteiger partial charge in [0.1, 0.15) is 41.9 Å². The van der Waals surface area contributed by atoms with Gasteiger partial charge in [-0.2, -0.15) is 0 Å². The molecule has 3 aliphatic rings. The second-order valence-electron chi connectivity index (χ2n) is 16.4. The van der Waals surface area contributed by atoms with Crippen molar-refractivity contribution in [3.05, 3.63) is 144 Å². The van der Waals surface area contributed by atoms with Crippen molar-refractivity contribution >= 4 is 17.9 Å². The largest absolute Gasteiger partial charge is 0.497 e. The molecule has 4 aromatic rings. The number of aliphatic hydroxyl groups is 2. The fourth-order valence-electron chi connectivity index (χ4n) is 9.59. The summed E-state index contributed by atoms with van der Waals surface area (Å²) in [6, 6.07) is 29.6. The minimum Gasteiger partial charge on any atom is -0.497 e. The fourth-order valence-corrected chi connectivity index (χ4v) is 9.59. The first-order chi connectivity index (χ1) is 30.3. The molecule has 6 unspecified atom stereocenters. The van der Waals surface area contributed by atoms with E-state index in [1.807, 2.05) is 78.9 Å². The molecule has 6 atom stereocenters. The molecular weight excluding hydrogens is 785 g/mol. The number of rotatable bonds is 21. The van der Waals surface area contributed by atoms with Crippen molar-refractivity contribution in [2.45, 2.75) is 75.7 Å². The maximum atomic E-state index is 14.6. The molecule has 1 amide bonds. The Kier molecular flexibility index (Phi) is 14.9. The van der Waals surface area contributed by atoms with Gasteiger partial charge < -0.3 is 38.9 Å². The number of amides is 1. The minimum atomic E-state index is -1.39. The summed E-state index contributed by atoms with van der Waals surface area (Å²) in [4.78, 5) is 34.2. The van der Waals surface area contributed by atoms with Crippen molar-refractivity contribution in [2.24, 2.45) is 22.9 Å². The number of oxime groups is 1. The second-order valence-corrected chi connectivity index (χ2v) is 16.4. The molecule has 2 aliphatic carbocycles. The van der Waals surface area contributed by atoms with Gasteiger partial charge in [-0.05, 0) is 96.7 Å². The van der Waals surface area contributed by atoms with Crippen molar-refractivity contribution in [3.8, 4) is 23.0 Å². The number of carbonyl (C=O) groups excluding carboxylic acids is 2. The monoisotopic (exact) mass is 842 g/mol. The number of fused-ring (bicyclic) bond motifs is 2. The van der Waals surface area contributed by atoms with E-state index < -0.39 is 17.7 Å². The molecule has 0 aromatic heterocycles. The average molecular weight is 843 g/mol. The summed E-state index contributed by atoms with van der Waals surface area (Å²) in [5, 5.41) is 24.8. The van der Waals surface area contributed by atoms with Gasteiger partial charge in [-0.25, -0.2) is 0 Å².